The van der Waals surface area contributed by atoms with E-state index in [1.807, 2.05) is 4.90 Å². The lowest BCUT2D eigenvalue weighted by Gasteiger charge is -2.32. The molecule has 2 aromatic rings. The van der Waals surface area contributed by atoms with Crippen LogP contribution in [0.1, 0.15) is 21.5 Å². The van der Waals surface area contributed by atoms with Gasteiger partial charge in [-0.1, -0.05) is 0 Å². The van der Waals surface area contributed by atoms with Crippen molar-refractivity contribution in [1.29, 1.82) is 0 Å². The van der Waals surface area contributed by atoms with Gasteiger partial charge in [0.2, 0.25) is 0 Å². The zero-order valence-corrected chi connectivity index (χ0v) is 16.5. The fraction of sp³-hybridized carbons (Fsp3) is 0.409. The molecule has 6 heteroatoms. The second kappa shape index (κ2) is 8.10. The van der Waals surface area contributed by atoms with Gasteiger partial charge in [0.05, 0.1) is 52.6 Å². The Labute approximate surface area is 165 Å². The fourth-order valence-corrected chi connectivity index (χ4v) is 3.99. The fourth-order valence-electron chi connectivity index (χ4n) is 3.99. The Morgan fingerprint density at radius 2 is 1.93 bits per heavy atom. The number of nitrogens with zero attached hydrogens (tertiary/aromatic N) is 1. The first-order chi connectivity index (χ1) is 13.7. The van der Waals surface area contributed by atoms with Gasteiger partial charge in [-0.2, -0.15) is 0 Å². The van der Waals surface area contributed by atoms with Crippen LogP contribution in [-0.4, -0.2) is 57.8 Å². The molecule has 0 aliphatic carbocycles. The number of quaternary nitrogens is 1. The van der Waals surface area contributed by atoms with E-state index < -0.39 is 0 Å². The molecule has 0 radical (unpaired) electrons. The maximum atomic E-state index is 13.0. The average molecular weight is 383 g/mol. The summed E-state index contributed by atoms with van der Waals surface area (Å²) in [5.41, 5.74) is 3.22. The zero-order valence-electron chi connectivity index (χ0n) is 16.5. The Morgan fingerprint density at radius 3 is 2.68 bits per heavy atom. The molecule has 0 saturated carbocycles. The van der Waals surface area contributed by atoms with E-state index in [1.54, 1.807) is 32.4 Å². The van der Waals surface area contributed by atoms with Crippen molar-refractivity contribution in [3.8, 4) is 17.2 Å². The Kier molecular flexibility index (Phi) is 5.39. The molecule has 2 aromatic carbocycles. The van der Waals surface area contributed by atoms with E-state index in [4.69, 9.17) is 14.2 Å². The van der Waals surface area contributed by atoms with E-state index in [1.165, 1.54) is 16.0 Å². The Hall–Kier alpha value is -2.73. The van der Waals surface area contributed by atoms with Crippen LogP contribution in [0.15, 0.2) is 36.4 Å². The average Bonchev–Trinajstić information content (AvgIpc) is 3.21. The Bertz CT molecular complexity index is 860. The number of amides is 1. The quantitative estimate of drug-likeness (QED) is 0.843. The predicted octanol–water partition coefficient (Wildman–Crippen LogP) is 1.18. The Morgan fingerprint density at radius 1 is 1.11 bits per heavy atom. The van der Waals surface area contributed by atoms with Crippen molar-refractivity contribution in [2.75, 3.05) is 47.0 Å². The lowest BCUT2D eigenvalue weighted by atomic mass is 10.1. The summed E-state index contributed by atoms with van der Waals surface area (Å²) in [6, 6.07) is 11.9. The summed E-state index contributed by atoms with van der Waals surface area (Å²) < 4.78 is 16.2. The summed E-state index contributed by atoms with van der Waals surface area (Å²) in [6.45, 7) is 5.13. The third-order valence-corrected chi connectivity index (χ3v) is 5.60. The highest BCUT2D eigenvalue weighted by Crippen LogP contribution is 2.26. The molecule has 148 valence electrons. The first-order valence-electron chi connectivity index (χ1n) is 9.77. The van der Waals surface area contributed by atoms with E-state index in [0.717, 1.165) is 51.5 Å². The minimum atomic E-state index is 0.00415. The second-order valence-corrected chi connectivity index (χ2v) is 7.33. The van der Waals surface area contributed by atoms with E-state index in [9.17, 15) is 4.79 Å². The van der Waals surface area contributed by atoms with Gasteiger partial charge in [-0.25, -0.2) is 0 Å². The molecule has 0 bridgehead atoms. The van der Waals surface area contributed by atoms with Crippen LogP contribution < -0.4 is 19.1 Å². The number of rotatable bonds is 5. The molecule has 1 N–H and O–H groups in total. The number of hydrogen-bond acceptors (Lipinski definition) is 4. The lowest BCUT2D eigenvalue weighted by Crippen LogP contribution is -3.13. The first kappa shape index (κ1) is 18.6. The predicted molar refractivity (Wildman–Crippen MR) is 105 cm³/mol. The number of methoxy groups -OCH3 is 2. The molecule has 0 atom stereocenters. The molecule has 1 saturated heterocycles. The molecule has 1 fully saturated rings. The van der Waals surface area contributed by atoms with Crippen LogP contribution >= 0.6 is 0 Å². The number of ether oxygens (including phenoxy) is 3. The molecular formula is C22H27N2O4+. The lowest BCUT2D eigenvalue weighted by molar-refractivity contribution is -0.917. The van der Waals surface area contributed by atoms with Gasteiger partial charge in [0.25, 0.3) is 5.91 Å². The summed E-state index contributed by atoms with van der Waals surface area (Å²) in [4.78, 5) is 16.4. The van der Waals surface area contributed by atoms with Crippen molar-refractivity contribution in [2.24, 2.45) is 0 Å². The largest absolute Gasteiger partial charge is 0.497 e. The number of nitrogens with one attached hydrogen (secondary N) is 1. The highest BCUT2D eigenvalue weighted by molar-refractivity contribution is 5.97. The molecule has 2 aliphatic heterocycles. The standard InChI is InChI=1S/C22H26N2O4/c1-26-18-4-6-21(27-2)19(14-18)22(25)24-10-8-23(9-11-24)15-16-3-5-20-17(13-16)7-12-28-20/h3-6,13-14H,7-12,15H2,1-2H3/p+1. The van der Waals surface area contributed by atoms with Gasteiger partial charge in [-0.15, -0.1) is 0 Å². The third kappa shape index (κ3) is 3.78. The molecule has 1 amide bonds. The molecule has 0 spiro atoms. The molecule has 0 unspecified atom stereocenters. The molecule has 6 nitrogen and oxygen atoms in total. The number of hydrogen-bond donors (Lipinski definition) is 1. The Balaban J connectivity index is 1.38. The van der Waals surface area contributed by atoms with Gasteiger partial charge >= 0.3 is 0 Å². The van der Waals surface area contributed by atoms with Crippen LogP contribution in [0.4, 0.5) is 0 Å². The molecule has 4 rings (SSSR count). The summed E-state index contributed by atoms with van der Waals surface area (Å²) in [7, 11) is 3.19. The zero-order chi connectivity index (χ0) is 19.5. The second-order valence-electron chi connectivity index (χ2n) is 7.33. The van der Waals surface area contributed by atoms with Crippen LogP contribution in [-0.2, 0) is 13.0 Å². The van der Waals surface area contributed by atoms with Crippen molar-refractivity contribution in [3.05, 3.63) is 53.1 Å². The molecular weight excluding hydrogens is 356 g/mol. The molecule has 2 heterocycles. The number of carbonyl (C=O) groups excluding carboxylic acids is 1. The first-order valence-corrected chi connectivity index (χ1v) is 9.77. The van der Waals surface area contributed by atoms with Crippen LogP contribution in [0.25, 0.3) is 0 Å². The maximum absolute atomic E-state index is 13.0. The van der Waals surface area contributed by atoms with Gasteiger partial charge in [-0.05, 0) is 42.0 Å². The normalized spacial score (nSPS) is 16.4. The number of benzene rings is 2. The van der Waals surface area contributed by atoms with Crippen LogP contribution in [0.3, 0.4) is 0 Å². The van der Waals surface area contributed by atoms with E-state index in [-0.39, 0.29) is 5.91 Å². The van der Waals surface area contributed by atoms with E-state index in [2.05, 4.69) is 18.2 Å². The van der Waals surface area contributed by atoms with Crippen molar-refractivity contribution >= 4 is 5.91 Å². The van der Waals surface area contributed by atoms with E-state index in [0.29, 0.717) is 17.1 Å². The van der Waals surface area contributed by atoms with E-state index >= 15 is 0 Å². The van der Waals surface area contributed by atoms with Crippen LogP contribution in [0.5, 0.6) is 17.2 Å². The number of piperazine rings is 1. The molecule has 0 aromatic heterocycles. The topological polar surface area (TPSA) is 52.4 Å². The summed E-state index contributed by atoms with van der Waals surface area (Å²) in [5.74, 6) is 2.28. The smallest absolute Gasteiger partial charge is 0.258 e. The van der Waals surface area contributed by atoms with Crippen molar-refractivity contribution in [2.45, 2.75) is 13.0 Å². The number of fused-ring (bicyclic) bond motifs is 1. The highest BCUT2D eigenvalue weighted by Gasteiger charge is 2.27. The minimum absolute atomic E-state index is 0.00415. The highest BCUT2D eigenvalue weighted by atomic mass is 16.5. The summed E-state index contributed by atoms with van der Waals surface area (Å²) in [6.07, 6.45) is 1.00. The molecule has 28 heavy (non-hydrogen) atoms. The molecule has 2 aliphatic rings. The third-order valence-electron chi connectivity index (χ3n) is 5.60. The monoisotopic (exact) mass is 383 g/mol. The van der Waals surface area contributed by atoms with Gasteiger partial charge in [0.1, 0.15) is 23.8 Å². The van der Waals surface area contributed by atoms with Gasteiger partial charge < -0.3 is 24.0 Å². The maximum Gasteiger partial charge on any atom is 0.258 e. The SMILES string of the molecule is COc1ccc(OC)c(C(=O)N2CC[NH+](Cc3ccc4c(c3)CCO4)CC2)c1. The summed E-state index contributed by atoms with van der Waals surface area (Å²) >= 11 is 0. The van der Waals surface area contributed by atoms with Gasteiger partial charge in [0.15, 0.2) is 0 Å². The minimum Gasteiger partial charge on any atom is -0.497 e. The van der Waals surface area contributed by atoms with Crippen molar-refractivity contribution in [1.82, 2.24) is 4.90 Å². The van der Waals surface area contributed by atoms with Crippen LogP contribution in [0.2, 0.25) is 0 Å². The van der Waals surface area contributed by atoms with Crippen molar-refractivity contribution in [3.63, 3.8) is 0 Å². The van der Waals surface area contributed by atoms with Crippen LogP contribution in [0, 0.1) is 0 Å². The van der Waals surface area contributed by atoms with Crippen molar-refractivity contribution < 1.29 is 23.9 Å². The summed E-state index contributed by atoms with van der Waals surface area (Å²) in [5, 5.41) is 0. The van der Waals surface area contributed by atoms with Gasteiger partial charge in [-0.3, -0.25) is 4.79 Å². The van der Waals surface area contributed by atoms with Gasteiger partial charge in [0, 0.05) is 12.0 Å². The number of carbonyl (C=O) groups is 1.